The maximum atomic E-state index is 11.6. The number of rotatable bonds is 1. The molecule has 1 heterocycles. The predicted octanol–water partition coefficient (Wildman–Crippen LogP) is 2.53. The summed E-state index contributed by atoms with van der Waals surface area (Å²) >= 11 is -0.928. The first-order valence-electron chi connectivity index (χ1n) is 4.99. The molecule has 0 N–H and O–H groups in total. The van der Waals surface area contributed by atoms with Gasteiger partial charge in [-0.05, 0) is 0 Å². The van der Waals surface area contributed by atoms with E-state index >= 15 is 0 Å². The van der Waals surface area contributed by atoms with Crippen molar-refractivity contribution in [2.24, 2.45) is 0 Å². The van der Waals surface area contributed by atoms with Gasteiger partial charge in [0.2, 0.25) is 0 Å². The second-order valence-corrected chi connectivity index (χ2v) is 9.54. The van der Waals surface area contributed by atoms with Crippen LogP contribution in [0, 0.1) is 3.57 Å². The topological polar surface area (TPSA) is 20.3 Å². The van der Waals surface area contributed by atoms with Crippen LogP contribution in [0.15, 0.2) is 18.2 Å². The van der Waals surface area contributed by atoms with E-state index in [1.54, 1.807) is 0 Å². The van der Waals surface area contributed by atoms with Gasteiger partial charge in [-0.15, -0.1) is 0 Å². The third kappa shape index (κ3) is 2.02. The summed E-state index contributed by atoms with van der Waals surface area (Å²) in [4.78, 5) is 18.0. The van der Waals surface area contributed by atoms with Crippen LogP contribution in [-0.4, -0.2) is 22.8 Å². The SMILES string of the molecule is CN1C(=O)CCc2ccc(I(C)C)cc21. The first-order chi connectivity index (χ1) is 7.09. The summed E-state index contributed by atoms with van der Waals surface area (Å²) in [6, 6.07) is 6.66. The predicted molar refractivity (Wildman–Crippen MR) is 72.7 cm³/mol. The number of aryl methyl sites for hydroxylation is 1. The molecule has 0 saturated heterocycles. The van der Waals surface area contributed by atoms with Crippen LogP contribution in [-0.2, 0) is 11.2 Å². The fourth-order valence-corrected chi connectivity index (χ4v) is 3.66. The summed E-state index contributed by atoms with van der Waals surface area (Å²) in [5, 5.41) is 0. The number of fused-ring (bicyclic) bond motifs is 1. The summed E-state index contributed by atoms with van der Waals surface area (Å²) in [6.45, 7) is 0. The third-order valence-electron chi connectivity index (χ3n) is 2.83. The molecule has 2 nitrogen and oxygen atoms in total. The van der Waals surface area contributed by atoms with E-state index < -0.39 is 19.8 Å². The summed E-state index contributed by atoms with van der Waals surface area (Å²) < 4.78 is 1.46. The van der Waals surface area contributed by atoms with Gasteiger partial charge < -0.3 is 0 Å². The average molecular weight is 317 g/mol. The van der Waals surface area contributed by atoms with Crippen LogP contribution in [0.4, 0.5) is 5.69 Å². The number of carbonyl (C=O) groups is 1. The molecule has 0 saturated carbocycles. The molecule has 0 radical (unpaired) electrons. The molecule has 0 unspecified atom stereocenters. The van der Waals surface area contributed by atoms with Gasteiger partial charge in [0.05, 0.1) is 0 Å². The van der Waals surface area contributed by atoms with Crippen LogP contribution in [0.1, 0.15) is 12.0 Å². The van der Waals surface area contributed by atoms with Crippen molar-refractivity contribution in [2.75, 3.05) is 21.8 Å². The van der Waals surface area contributed by atoms with Gasteiger partial charge in [-0.2, -0.15) is 0 Å². The van der Waals surface area contributed by atoms with Crippen LogP contribution in [0.3, 0.4) is 0 Å². The summed E-state index contributed by atoms with van der Waals surface area (Å²) in [5.41, 5.74) is 2.45. The van der Waals surface area contributed by atoms with Crippen molar-refractivity contribution in [1.82, 2.24) is 0 Å². The number of alkyl halides is 2. The van der Waals surface area contributed by atoms with Crippen molar-refractivity contribution in [3.05, 3.63) is 27.3 Å². The molecule has 0 aromatic heterocycles. The molecule has 82 valence electrons. The van der Waals surface area contributed by atoms with Gasteiger partial charge in [0.25, 0.3) is 0 Å². The molecule has 1 aliphatic rings. The average Bonchev–Trinajstić information content (AvgIpc) is 2.23. The number of anilines is 1. The van der Waals surface area contributed by atoms with Gasteiger partial charge in [0.15, 0.2) is 0 Å². The fraction of sp³-hybridized carbons (Fsp3) is 0.417. The van der Waals surface area contributed by atoms with Gasteiger partial charge in [0, 0.05) is 0 Å². The second-order valence-electron chi connectivity index (χ2n) is 3.98. The molecule has 1 aromatic carbocycles. The quantitative estimate of drug-likeness (QED) is 0.576. The van der Waals surface area contributed by atoms with Crippen molar-refractivity contribution in [2.45, 2.75) is 12.8 Å². The van der Waals surface area contributed by atoms with E-state index in [0.29, 0.717) is 6.42 Å². The van der Waals surface area contributed by atoms with Crippen molar-refractivity contribution in [1.29, 1.82) is 0 Å². The minimum absolute atomic E-state index is 0.243. The number of benzene rings is 1. The van der Waals surface area contributed by atoms with E-state index in [9.17, 15) is 4.79 Å². The molecule has 1 aliphatic heterocycles. The maximum absolute atomic E-state index is 11.6. The van der Waals surface area contributed by atoms with E-state index in [2.05, 4.69) is 28.1 Å². The van der Waals surface area contributed by atoms with Gasteiger partial charge in [-0.1, -0.05) is 0 Å². The molecular weight excluding hydrogens is 301 g/mol. The molecule has 0 atom stereocenters. The minimum atomic E-state index is -0.928. The first-order valence-corrected chi connectivity index (χ1v) is 10.4. The molecule has 15 heavy (non-hydrogen) atoms. The fourth-order valence-electron chi connectivity index (χ4n) is 1.84. The van der Waals surface area contributed by atoms with Crippen molar-refractivity contribution < 1.29 is 4.79 Å². The Morgan fingerprint density at radius 1 is 1.27 bits per heavy atom. The van der Waals surface area contributed by atoms with Gasteiger partial charge >= 0.3 is 98.2 Å². The van der Waals surface area contributed by atoms with Crippen LogP contribution in [0.5, 0.6) is 0 Å². The standard InChI is InChI=1S/C12H16INO/c1-13(2)10-6-4-9-5-7-12(15)14(3)11(9)8-10/h4,6,8H,5,7H2,1-3H3. The van der Waals surface area contributed by atoms with Crippen LogP contribution in [0.2, 0.25) is 0 Å². The van der Waals surface area contributed by atoms with Crippen LogP contribution < -0.4 is 4.90 Å². The monoisotopic (exact) mass is 317 g/mol. The summed E-state index contributed by atoms with van der Waals surface area (Å²) in [5.74, 6) is 0.243. The molecule has 0 aliphatic carbocycles. The van der Waals surface area contributed by atoms with Gasteiger partial charge in [-0.3, -0.25) is 0 Å². The summed E-state index contributed by atoms with van der Waals surface area (Å²) in [6.07, 6.45) is 1.56. The number of nitrogens with zero attached hydrogens (tertiary/aromatic N) is 1. The Balaban J connectivity index is 2.45. The zero-order chi connectivity index (χ0) is 11.0. The Bertz CT molecular complexity index is 401. The number of halogens is 1. The van der Waals surface area contributed by atoms with Crippen LogP contribution in [0.25, 0.3) is 0 Å². The molecule has 1 amide bonds. The van der Waals surface area contributed by atoms with Crippen LogP contribution >= 0.6 is 19.8 Å². The normalized spacial score (nSPS) is 16.3. The Morgan fingerprint density at radius 2 is 2.00 bits per heavy atom. The molecule has 2 rings (SSSR count). The van der Waals surface area contributed by atoms with Gasteiger partial charge in [-0.25, -0.2) is 0 Å². The Hall–Kier alpha value is -0.580. The van der Waals surface area contributed by atoms with E-state index in [1.165, 1.54) is 9.13 Å². The van der Waals surface area contributed by atoms with E-state index in [1.807, 2.05) is 11.9 Å². The second kappa shape index (κ2) is 4.12. The molecular formula is C12H16INO. The molecule has 3 heteroatoms. The zero-order valence-electron chi connectivity index (χ0n) is 9.38. The molecule has 0 bridgehead atoms. The van der Waals surface area contributed by atoms with Crippen molar-refractivity contribution in [3.63, 3.8) is 0 Å². The number of hydrogen-bond acceptors (Lipinski definition) is 1. The van der Waals surface area contributed by atoms with E-state index in [0.717, 1.165) is 12.1 Å². The zero-order valence-corrected chi connectivity index (χ0v) is 11.5. The Kier molecular flexibility index (Phi) is 3.00. The first kappa shape index (κ1) is 10.9. The number of hydrogen-bond donors (Lipinski definition) is 0. The Morgan fingerprint density at radius 3 is 2.67 bits per heavy atom. The Labute approximate surface area is 98.0 Å². The summed E-state index contributed by atoms with van der Waals surface area (Å²) in [7, 11) is 1.88. The van der Waals surface area contributed by atoms with E-state index in [4.69, 9.17) is 0 Å². The number of amides is 1. The molecule has 0 spiro atoms. The number of carbonyl (C=O) groups excluding carboxylic acids is 1. The third-order valence-corrected chi connectivity index (χ3v) is 5.99. The van der Waals surface area contributed by atoms with Gasteiger partial charge in [0.1, 0.15) is 0 Å². The van der Waals surface area contributed by atoms with Crippen molar-refractivity contribution >= 4 is 31.4 Å². The molecule has 1 aromatic rings. The van der Waals surface area contributed by atoms with Crippen molar-refractivity contribution in [3.8, 4) is 0 Å². The molecule has 0 fully saturated rings. The van der Waals surface area contributed by atoms with E-state index in [-0.39, 0.29) is 5.91 Å².